The minimum Gasteiger partial charge on any atom is -1.00 e. The lowest BCUT2D eigenvalue weighted by Crippen LogP contribution is -3.00. The Labute approximate surface area is 188 Å². The van der Waals surface area contributed by atoms with Crippen molar-refractivity contribution in [2.75, 3.05) is 12.4 Å². The number of fused-ring (bicyclic) bond motifs is 1. The molecule has 3 aliphatic rings. The molecule has 6 heteroatoms. The van der Waals surface area contributed by atoms with E-state index in [9.17, 15) is 0 Å². The molecule has 1 aromatic carbocycles. The SMILES string of the molecule is C[n+]1ccn(CCOc2ccc([C@@H]3O[C@@H]4C[C@H]5CC[C@]4(CS3)C5(C)C)cc2)c1.[Br-]. The van der Waals surface area contributed by atoms with E-state index in [4.69, 9.17) is 9.47 Å². The average Bonchev–Trinajstić information content (AvgIpc) is 3.28. The maximum Gasteiger partial charge on any atom is 0.243 e. The van der Waals surface area contributed by atoms with Crippen LogP contribution < -0.4 is 26.3 Å². The molecule has 0 amide bonds. The van der Waals surface area contributed by atoms with Gasteiger partial charge in [-0.2, -0.15) is 0 Å². The second kappa shape index (κ2) is 7.93. The molecule has 2 aliphatic carbocycles. The fourth-order valence-corrected chi connectivity index (χ4v) is 7.46. The molecule has 2 saturated carbocycles. The second-order valence-electron chi connectivity index (χ2n) is 9.35. The molecule has 5 rings (SSSR count). The van der Waals surface area contributed by atoms with Crippen molar-refractivity contribution in [2.24, 2.45) is 23.8 Å². The zero-order chi connectivity index (χ0) is 19.4. The highest BCUT2D eigenvalue weighted by atomic mass is 79.9. The third-order valence-electron chi connectivity index (χ3n) is 7.73. The standard InChI is InChI=1S/C23H31N2O2S.BrH/c1-22(2)18-8-9-23(22)15-28-21(27-20(23)14-18)17-4-6-19(7-5-17)26-13-12-25-11-10-24(3)16-25;/h4-7,10-11,16,18,20-21H,8-9,12-15H2,1-3H3;1H/q+1;/p-1/t18-,20-,21-,23-;/m1./s1. The first kappa shape index (κ1) is 21.3. The quantitative estimate of drug-likeness (QED) is 0.607. The predicted molar refractivity (Wildman–Crippen MR) is 111 cm³/mol. The number of benzene rings is 1. The summed E-state index contributed by atoms with van der Waals surface area (Å²) >= 11 is 2.00. The molecule has 0 unspecified atom stereocenters. The number of imidazole rings is 1. The van der Waals surface area contributed by atoms with Gasteiger partial charge in [0.1, 0.15) is 36.7 Å². The van der Waals surface area contributed by atoms with Crippen molar-refractivity contribution in [3.05, 3.63) is 48.5 Å². The van der Waals surface area contributed by atoms with Crippen molar-refractivity contribution < 1.29 is 31.0 Å². The first-order valence-corrected chi connectivity index (χ1v) is 11.5. The lowest BCUT2D eigenvalue weighted by atomic mass is 9.69. The Balaban J connectivity index is 0.00000205. The molecule has 2 aromatic rings. The molecule has 29 heavy (non-hydrogen) atoms. The first-order valence-electron chi connectivity index (χ1n) is 10.5. The Kier molecular flexibility index (Phi) is 5.82. The molecule has 4 nitrogen and oxygen atoms in total. The average molecular weight is 479 g/mol. The Morgan fingerprint density at radius 3 is 2.76 bits per heavy atom. The molecule has 0 N–H and O–H groups in total. The third-order valence-corrected chi connectivity index (χ3v) is 9.10. The number of aryl methyl sites for hydroxylation is 1. The summed E-state index contributed by atoms with van der Waals surface area (Å²) in [4.78, 5) is 0. The van der Waals surface area contributed by atoms with Crippen molar-refractivity contribution in [2.45, 2.75) is 51.2 Å². The van der Waals surface area contributed by atoms with Crippen LogP contribution in [0, 0.1) is 16.7 Å². The van der Waals surface area contributed by atoms with Crippen LogP contribution in [-0.2, 0) is 18.3 Å². The first-order chi connectivity index (χ1) is 13.5. The number of thioether (sulfide) groups is 1. The van der Waals surface area contributed by atoms with Crippen molar-refractivity contribution in [3.63, 3.8) is 0 Å². The topological polar surface area (TPSA) is 27.3 Å². The fourth-order valence-electron chi connectivity index (χ4n) is 5.74. The summed E-state index contributed by atoms with van der Waals surface area (Å²) < 4.78 is 16.7. The molecular weight excluding hydrogens is 448 g/mol. The molecule has 3 fully saturated rings. The summed E-state index contributed by atoms with van der Waals surface area (Å²) in [5, 5.41) is 0. The minimum atomic E-state index is 0. The van der Waals surface area contributed by atoms with Crippen LogP contribution in [0.25, 0.3) is 0 Å². The lowest BCUT2D eigenvalue weighted by molar-refractivity contribution is -0.671. The van der Waals surface area contributed by atoms with Crippen molar-refractivity contribution in [1.29, 1.82) is 0 Å². The highest BCUT2D eigenvalue weighted by Crippen LogP contribution is 2.70. The van der Waals surface area contributed by atoms with Crippen molar-refractivity contribution >= 4 is 11.8 Å². The Hall–Kier alpha value is -0.980. The van der Waals surface area contributed by atoms with Gasteiger partial charge in [-0.3, -0.25) is 0 Å². The number of hydrogen-bond donors (Lipinski definition) is 0. The summed E-state index contributed by atoms with van der Waals surface area (Å²) in [5.41, 5.74) is 2.27. The molecule has 1 spiro atoms. The van der Waals surface area contributed by atoms with E-state index >= 15 is 0 Å². The molecule has 1 aromatic heterocycles. The van der Waals surface area contributed by atoms with Crippen LogP contribution in [-0.4, -0.2) is 23.0 Å². The molecule has 4 atom stereocenters. The van der Waals surface area contributed by atoms with Gasteiger partial charge in [-0.25, -0.2) is 9.13 Å². The number of ether oxygens (including phenoxy) is 2. The van der Waals surface area contributed by atoms with E-state index in [1.165, 1.54) is 30.6 Å². The van der Waals surface area contributed by atoms with Crippen molar-refractivity contribution in [3.8, 4) is 5.75 Å². The molecule has 2 bridgehead atoms. The lowest BCUT2D eigenvalue weighted by Gasteiger charge is -2.47. The zero-order valence-electron chi connectivity index (χ0n) is 17.5. The maximum absolute atomic E-state index is 6.65. The Bertz CT molecular complexity index is 853. The van der Waals surface area contributed by atoms with Gasteiger partial charge in [0.05, 0.1) is 13.2 Å². The van der Waals surface area contributed by atoms with E-state index in [1.54, 1.807) is 0 Å². The summed E-state index contributed by atoms with van der Waals surface area (Å²) in [7, 11) is 2.03. The van der Waals surface area contributed by atoms with Gasteiger partial charge in [0.25, 0.3) is 0 Å². The number of rotatable bonds is 5. The smallest absolute Gasteiger partial charge is 0.243 e. The van der Waals surface area contributed by atoms with Crippen LogP contribution in [0.15, 0.2) is 43.0 Å². The van der Waals surface area contributed by atoms with Gasteiger partial charge in [0.15, 0.2) is 0 Å². The molecule has 1 aliphatic heterocycles. The summed E-state index contributed by atoms with van der Waals surface area (Å²) in [6.07, 6.45) is 10.6. The largest absolute Gasteiger partial charge is 1.00 e. The van der Waals surface area contributed by atoms with Crippen LogP contribution in [0.3, 0.4) is 0 Å². The second-order valence-corrected chi connectivity index (χ2v) is 10.4. The van der Waals surface area contributed by atoms with Crippen LogP contribution in [0.2, 0.25) is 0 Å². The van der Waals surface area contributed by atoms with Gasteiger partial charge in [0, 0.05) is 11.2 Å². The van der Waals surface area contributed by atoms with Crippen LogP contribution in [0.1, 0.15) is 44.1 Å². The molecule has 2 heterocycles. The molecule has 0 radical (unpaired) electrons. The van der Waals surface area contributed by atoms with Crippen LogP contribution in [0.4, 0.5) is 0 Å². The van der Waals surface area contributed by atoms with Gasteiger partial charge < -0.3 is 26.5 Å². The third kappa shape index (κ3) is 3.55. The van der Waals surface area contributed by atoms with Gasteiger partial charge in [-0.05, 0) is 48.3 Å². The van der Waals surface area contributed by atoms with E-state index in [0.29, 0.717) is 23.5 Å². The van der Waals surface area contributed by atoms with Gasteiger partial charge in [0.2, 0.25) is 6.33 Å². The van der Waals surface area contributed by atoms with E-state index in [-0.39, 0.29) is 22.4 Å². The monoisotopic (exact) mass is 478 g/mol. The van der Waals surface area contributed by atoms with E-state index < -0.39 is 0 Å². The van der Waals surface area contributed by atoms with E-state index in [2.05, 4.69) is 55.2 Å². The highest BCUT2D eigenvalue weighted by molar-refractivity contribution is 7.99. The molecular formula is C23H31BrN2O2S. The van der Waals surface area contributed by atoms with Gasteiger partial charge in [-0.1, -0.05) is 26.0 Å². The molecule has 158 valence electrons. The fraction of sp³-hybridized carbons (Fsp3) is 0.609. The Morgan fingerprint density at radius 1 is 1.28 bits per heavy atom. The van der Waals surface area contributed by atoms with Gasteiger partial charge in [-0.15, -0.1) is 11.8 Å². The van der Waals surface area contributed by atoms with Crippen LogP contribution in [0.5, 0.6) is 5.75 Å². The number of aromatic nitrogens is 2. The van der Waals surface area contributed by atoms with Gasteiger partial charge >= 0.3 is 0 Å². The maximum atomic E-state index is 6.65. The van der Waals surface area contributed by atoms with Crippen molar-refractivity contribution in [1.82, 2.24) is 4.57 Å². The highest BCUT2D eigenvalue weighted by Gasteiger charge is 2.66. The normalized spacial score (nSPS) is 31.9. The van der Waals surface area contributed by atoms with E-state index in [1.807, 2.05) is 29.6 Å². The summed E-state index contributed by atoms with van der Waals surface area (Å²) in [5.74, 6) is 3.01. The number of halogens is 1. The summed E-state index contributed by atoms with van der Waals surface area (Å²) in [6.45, 7) is 6.48. The minimum absolute atomic E-state index is 0. The summed E-state index contributed by atoms with van der Waals surface area (Å²) in [6, 6.07) is 8.53. The molecule has 1 saturated heterocycles. The van der Waals surface area contributed by atoms with Crippen LogP contribution >= 0.6 is 11.8 Å². The van der Waals surface area contributed by atoms with E-state index in [0.717, 1.165) is 18.2 Å². The Morgan fingerprint density at radius 2 is 2.07 bits per heavy atom. The number of nitrogens with zero attached hydrogens (tertiary/aromatic N) is 2. The zero-order valence-corrected chi connectivity index (χ0v) is 19.9. The predicted octanol–water partition coefficient (Wildman–Crippen LogP) is 1.35. The number of hydrogen-bond acceptors (Lipinski definition) is 3.